The van der Waals surface area contributed by atoms with Crippen molar-refractivity contribution in [3.05, 3.63) is 238 Å². The van der Waals surface area contributed by atoms with E-state index in [1.165, 1.54) is 77.2 Å². The topological polar surface area (TPSA) is 44.9 Å². The second-order valence-electron chi connectivity index (χ2n) is 16.1. The van der Waals surface area contributed by atoms with Crippen molar-refractivity contribution in [2.75, 3.05) is 0 Å². The molecule has 2 spiro atoms. The molecule has 0 bridgehead atoms. The molecule has 60 heavy (non-hydrogen) atoms. The molecular weight excluding hydrogens is 753 g/mol. The fourth-order valence-electron chi connectivity index (χ4n) is 11.3. The molecule has 0 saturated heterocycles. The molecule has 6 heteroatoms. The van der Waals surface area contributed by atoms with E-state index >= 15 is 0 Å². The highest BCUT2D eigenvalue weighted by atomic mass is 32.1. The van der Waals surface area contributed by atoms with E-state index in [2.05, 4.69) is 191 Å². The van der Waals surface area contributed by atoms with E-state index < -0.39 is 10.8 Å². The number of ether oxygens (including phenoxy) is 1. The fourth-order valence-corrected chi connectivity index (χ4v) is 12.4. The van der Waals surface area contributed by atoms with Gasteiger partial charge in [0.05, 0.1) is 46.0 Å². The summed E-state index contributed by atoms with van der Waals surface area (Å²) >= 11 is 1.84. The van der Waals surface area contributed by atoms with Gasteiger partial charge in [-0.05, 0) is 85.8 Å². The minimum atomic E-state index is -0.438. The Hall–Kier alpha value is -7.54. The molecule has 4 aliphatic carbocycles. The first-order chi connectivity index (χ1) is 29.8. The summed E-state index contributed by atoms with van der Waals surface area (Å²) in [5.74, 6) is 1.47. The number of hydrogen-bond acceptors (Lipinski definition) is 4. The average molecular weight is 785 g/mol. The third-order valence-corrected chi connectivity index (χ3v) is 14.5. The van der Waals surface area contributed by atoms with Gasteiger partial charge in [0.2, 0.25) is 0 Å². The van der Waals surface area contributed by atoms with Gasteiger partial charge in [-0.15, -0.1) is 11.3 Å². The van der Waals surface area contributed by atoms with E-state index in [1.807, 2.05) is 23.5 Å². The fraction of sp³-hybridized carbons (Fsp3) is 0.0370. The van der Waals surface area contributed by atoms with Gasteiger partial charge in [-0.3, -0.25) is 0 Å². The van der Waals surface area contributed by atoms with Crippen molar-refractivity contribution in [3.63, 3.8) is 0 Å². The number of rotatable bonds is 4. The zero-order chi connectivity index (χ0) is 39.2. The van der Waals surface area contributed by atoms with Gasteiger partial charge in [0.1, 0.15) is 11.5 Å². The molecule has 0 N–H and O–H groups in total. The average Bonchev–Trinajstić information content (AvgIpc) is 4.17. The van der Waals surface area contributed by atoms with Crippen LogP contribution in [0.4, 0.5) is 0 Å². The van der Waals surface area contributed by atoms with Gasteiger partial charge < -0.3 is 4.74 Å². The van der Waals surface area contributed by atoms with Crippen LogP contribution in [-0.4, -0.2) is 19.6 Å². The second-order valence-corrected chi connectivity index (χ2v) is 17.0. The lowest BCUT2D eigenvalue weighted by Crippen LogP contribution is -2.25. The Morgan fingerprint density at radius 1 is 0.383 bits per heavy atom. The minimum absolute atomic E-state index is 0.393. The molecule has 280 valence electrons. The van der Waals surface area contributed by atoms with Crippen LogP contribution in [0.15, 0.2) is 194 Å². The summed E-state index contributed by atoms with van der Waals surface area (Å²) in [7, 11) is 0. The molecule has 14 rings (SSSR count). The van der Waals surface area contributed by atoms with Gasteiger partial charge in [0.15, 0.2) is 0 Å². The third-order valence-electron chi connectivity index (χ3n) is 13.5. The van der Waals surface area contributed by atoms with Crippen molar-refractivity contribution in [1.82, 2.24) is 19.6 Å². The van der Waals surface area contributed by atoms with E-state index in [9.17, 15) is 0 Å². The predicted molar refractivity (Wildman–Crippen MR) is 238 cm³/mol. The lowest BCUT2D eigenvalue weighted by atomic mass is 9.71. The van der Waals surface area contributed by atoms with Crippen molar-refractivity contribution < 1.29 is 4.74 Å². The van der Waals surface area contributed by atoms with E-state index in [0.717, 1.165) is 34.3 Å². The van der Waals surface area contributed by atoms with Crippen LogP contribution in [0.2, 0.25) is 0 Å². The number of nitrogens with zero attached hydrogens (tertiary/aromatic N) is 4. The molecule has 0 saturated carbocycles. The molecule has 5 nitrogen and oxygen atoms in total. The van der Waals surface area contributed by atoms with E-state index in [4.69, 9.17) is 14.9 Å². The molecule has 0 fully saturated rings. The van der Waals surface area contributed by atoms with E-state index in [1.54, 1.807) is 0 Å². The Bertz CT molecular complexity index is 3370. The molecule has 0 amide bonds. The molecule has 3 aromatic heterocycles. The van der Waals surface area contributed by atoms with Crippen LogP contribution in [0, 0.1) is 0 Å². The maximum atomic E-state index is 6.71. The third kappa shape index (κ3) is 3.83. The largest absolute Gasteiger partial charge is 0.457 e. The van der Waals surface area contributed by atoms with Crippen molar-refractivity contribution in [3.8, 4) is 67.6 Å². The molecule has 7 aromatic carbocycles. The van der Waals surface area contributed by atoms with Crippen LogP contribution in [0.5, 0.6) is 11.5 Å². The molecule has 0 radical (unpaired) electrons. The van der Waals surface area contributed by atoms with Crippen LogP contribution in [0.25, 0.3) is 56.1 Å². The highest BCUT2D eigenvalue weighted by Gasteiger charge is 2.55. The summed E-state index contributed by atoms with van der Waals surface area (Å²) in [5.41, 5.74) is 19.9. The molecule has 0 atom stereocenters. The standard InChI is InChI=1S/C54H32N4OS/c1-6-22-43-37(17-1)38-18-2-7-23-44(38)53(43)47-26-10-5-21-41(47)50-48(53)31-55-57(50)33-13-11-15-35(29-33)59-36-16-12-14-34(30-36)58-51-42-27-28-60-52(42)54(49(51)32-56-58)45-24-8-3-19-39(45)40-20-4-9-25-46(40)54/h1-32H. The van der Waals surface area contributed by atoms with Crippen LogP contribution in [0.1, 0.15) is 43.8 Å². The maximum absolute atomic E-state index is 6.71. The lowest BCUT2D eigenvalue weighted by Gasteiger charge is -2.29. The molecule has 0 unspecified atom stereocenters. The molecule has 3 heterocycles. The van der Waals surface area contributed by atoms with Crippen molar-refractivity contribution in [1.29, 1.82) is 0 Å². The van der Waals surface area contributed by atoms with Crippen LogP contribution in [-0.2, 0) is 10.8 Å². The summed E-state index contributed by atoms with van der Waals surface area (Å²) in [6, 6.07) is 63.1. The predicted octanol–water partition coefficient (Wildman–Crippen LogP) is 12.6. The lowest BCUT2D eigenvalue weighted by molar-refractivity contribution is 0.482. The smallest absolute Gasteiger partial charge is 0.129 e. The normalized spacial score (nSPS) is 14.6. The number of fused-ring (bicyclic) bond motifs is 20. The minimum Gasteiger partial charge on any atom is -0.457 e. The van der Waals surface area contributed by atoms with Crippen LogP contribution >= 0.6 is 11.3 Å². The van der Waals surface area contributed by atoms with E-state index in [0.29, 0.717) is 0 Å². The molecule has 4 aliphatic rings. The molecule has 0 aliphatic heterocycles. The summed E-state index contributed by atoms with van der Waals surface area (Å²) in [6.45, 7) is 0. The maximum Gasteiger partial charge on any atom is 0.129 e. The zero-order valence-corrected chi connectivity index (χ0v) is 32.9. The van der Waals surface area contributed by atoms with Gasteiger partial charge in [-0.2, -0.15) is 10.2 Å². The Balaban J connectivity index is 0.854. The van der Waals surface area contributed by atoms with E-state index in [-0.39, 0.29) is 0 Å². The zero-order valence-electron chi connectivity index (χ0n) is 32.1. The number of benzene rings is 7. The first-order valence-electron chi connectivity index (χ1n) is 20.4. The first-order valence-corrected chi connectivity index (χ1v) is 21.3. The Kier molecular flexibility index (Phi) is 6.25. The van der Waals surface area contributed by atoms with Crippen LogP contribution in [0.3, 0.4) is 0 Å². The Morgan fingerprint density at radius 2 is 0.800 bits per heavy atom. The number of aromatic nitrogens is 4. The van der Waals surface area contributed by atoms with Crippen molar-refractivity contribution >= 4 is 11.3 Å². The quantitative estimate of drug-likeness (QED) is 0.179. The van der Waals surface area contributed by atoms with Gasteiger partial charge in [-0.25, -0.2) is 9.36 Å². The van der Waals surface area contributed by atoms with Gasteiger partial charge in [0.25, 0.3) is 0 Å². The monoisotopic (exact) mass is 784 g/mol. The highest BCUT2D eigenvalue weighted by Crippen LogP contribution is 2.65. The second kappa shape index (κ2) is 11.6. The van der Waals surface area contributed by atoms with Crippen molar-refractivity contribution in [2.24, 2.45) is 0 Å². The van der Waals surface area contributed by atoms with Gasteiger partial charge in [-0.1, -0.05) is 133 Å². The SMILES string of the molecule is c1cc(Oc2cccc(-n3ncc4c3-c3ccsc3C43c4ccccc4-c4ccccc43)c2)cc(-n2ncc3c2-c2ccccc2C32c3ccccc3-c3ccccc32)c1. The summed E-state index contributed by atoms with van der Waals surface area (Å²) in [5, 5.41) is 12.5. The van der Waals surface area contributed by atoms with Gasteiger partial charge in [0, 0.05) is 39.3 Å². The summed E-state index contributed by atoms with van der Waals surface area (Å²) in [4.78, 5) is 1.35. The first kappa shape index (κ1) is 32.4. The Morgan fingerprint density at radius 3 is 1.32 bits per heavy atom. The molecular formula is C54H32N4OS. The summed E-state index contributed by atoms with van der Waals surface area (Å²) < 4.78 is 10.9. The Labute approximate surface area is 350 Å². The van der Waals surface area contributed by atoms with Gasteiger partial charge >= 0.3 is 0 Å². The number of hydrogen-bond donors (Lipinski definition) is 0. The molecule has 10 aromatic rings. The highest BCUT2D eigenvalue weighted by molar-refractivity contribution is 7.11. The van der Waals surface area contributed by atoms with Crippen molar-refractivity contribution in [2.45, 2.75) is 10.8 Å². The number of thiophene rings is 1. The summed E-state index contributed by atoms with van der Waals surface area (Å²) in [6.07, 6.45) is 4.17. The van der Waals surface area contributed by atoms with Crippen LogP contribution < -0.4 is 4.74 Å².